The van der Waals surface area contributed by atoms with Crippen LogP contribution in [0, 0.1) is 0 Å². The highest BCUT2D eigenvalue weighted by atomic mass is 32.2. The van der Waals surface area contributed by atoms with Crippen LogP contribution in [0.5, 0.6) is 0 Å². The average molecular weight is 199 g/mol. The molecule has 0 atom stereocenters. The molecule has 4 heteroatoms. The first-order valence-corrected chi connectivity index (χ1v) is 6.02. The first-order valence-electron chi connectivity index (χ1n) is 3.96. The van der Waals surface area contributed by atoms with Gasteiger partial charge in [-0.1, -0.05) is 12.1 Å². The predicted molar refractivity (Wildman–Crippen MR) is 54.5 cm³/mol. The fraction of sp³-hybridized carbons (Fsp3) is 0.333. The van der Waals surface area contributed by atoms with Gasteiger partial charge in [-0.25, -0.2) is 8.42 Å². The van der Waals surface area contributed by atoms with E-state index in [4.69, 9.17) is 0 Å². The van der Waals surface area contributed by atoms with Crippen molar-refractivity contribution in [2.45, 2.75) is 5.75 Å². The fourth-order valence-corrected chi connectivity index (χ4v) is 1.90. The minimum atomic E-state index is -2.93. The Morgan fingerprint density at radius 1 is 1.38 bits per heavy atom. The van der Waals surface area contributed by atoms with Crippen LogP contribution in [0.25, 0.3) is 0 Å². The van der Waals surface area contributed by atoms with Gasteiger partial charge in [-0.15, -0.1) is 0 Å². The monoisotopic (exact) mass is 199 g/mol. The summed E-state index contributed by atoms with van der Waals surface area (Å²) in [5, 5.41) is 2.96. The fourth-order valence-electron chi connectivity index (χ4n) is 1.12. The van der Waals surface area contributed by atoms with Crippen LogP contribution in [0.3, 0.4) is 0 Å². The summed E-state index contributed by atoms with van der Waals surface area (Å²) in [5.41, 5.74) is 1.75. The number of hydrogen-bond acceptors (Lipinski definition) is 3. The van der Waals surface area contributed by atoms with E-state index in [-0.39, 0.29) is 5.75 Å². The maximum absolute atomic E-state index is 11.0. The maximum atomic E-state index is 11.0. The van der Waals surface area contributed by atoms with E-state index in [0.29, 0.717) is 0 Å². The Labute approximate surface area is 78.7 Å². The molecule has 0 amide bonds. The van der Waals surface area contributed by atoms with Crippen molar-refractivity contribution < 1.29 is 8.42 Å². The average Bonchev–Trinajstić information content (AvgIpc) is 2.01. The van der Waals surface area contributed by atoms with Crippen molar-refractivity contribution in [1.82, 2.24) is 0 Å². The number of anilines is 1. The molecule has 72 valence electrons. The highest BCUT2D eigenvalue weighted by Gasteiger charge is 2.03. The summed E-state index contributed by atoms with van der Waals surface area (Å²) in [6.45, 7) is 0. The van der Waals surface area contributed by atoms with Gasteiger partial charge in [0.15, 0.2) is 9.84 Å². The van der Waals surface area contributed by atoms with E-state index in [0.717, 1.165) is 11.3 Å². The van der Waals surface area contributed by atoms with Gasteiger partial charge in [-0.05, 0) is 17.7 Å². The van der Waals surface area contributed by atoms with Crippen LogP contribution in [0.15, 0.2) is 24.3 Å². The molecule has 0 aromatic heterocycles. The quantitative estimate of drug-likeness (QED) is 0.797. The van der Waals surface area contributed by atoms with Gasteiger partial charge in [-0.2, -0.15) is 0 Å². The molecule has 0 saturated heterocycles. The van der Waals surface area contributed by atoms with Crippen LogP contribution in [0.2, 0.25) is 0 Å². The summed E-state index contributed by atoms with van der Waals surface area (Å²) in [7, 11) is -1.12. The summed E-state index contributed by atoms with van der Waals surface area (Å²) < 4.78 is 22.0. The third-order valence-corrected chi connectivity index (χ3v) is 2.50. The summed E-state index contributed by atoms with van der Waals surface area (Å²) in [4.78, 5) is 0. The molecule has 3 nitrogen and oxygen atoms in total. The maximum Gasteiger partial charge on any atom is 0.151 e. The van der Waals surface area contributed by atoms with Crippen molar-refractivity contribution in [2.24, 2.45) is 0 Å². The minimum Gasteiger partial charge on any atom is -0.388 e. The highest BCUT2D eigenvalue weighted by molar-refractivity contribution is 7.89. The van der Waals surface area contributed by atoms with E-state index in [2.05, 4.69) is 5.32 Å². The van der Waals surface area contributed by atoms with Crippen LogP contribution < -0.4 is 5.32 Å². The second kappa shape index (κ2) is 3.79. The zero-order chi connectivity index (χ0) is 9.90. The lowest BCUT2D eigenvalue weighted by Crippen LogP contribution is -2.01. The predicted octanol–water partition coefficient (Wildman–Crippen LogP) is 1.27. The van der Waals surface area contributed by atoms with E-state index in [9.17, 15) is 8.42 Å². The molecule has 0 radical (unpaired) electrons. The normalized spacial score (nSPS) is 11.2. The third kappa shape index (κ3) is 3.46. The molecule has 0 bridgehead atoms. The van der Waals surface area contributed by atoms with E-state index >= 15 is 0 Å². The number of nitrogens with one attached hydrogen (secondary N) is 1. The Morgan fingerprint density at radius 2 is 2.08 bits per heavy atom. The zero-order valence-corrected chi connectivity index (χ0v) is 8.56. The van der Waals surface area contributed by atoms with Gasteiger partial charge in [0.1, 0.15) is 0 Å². The Balaban J connectivity index is 2.90. The summed E-state index contributed by atoms with van der Waals surface area (Å²) in [5.74, 6) is 0.0997. The summed E-state index contributed by atoms with van der Waals surface area (Å²) in [6.07, 6.45) is 1.24. The van der Waals surface area contributed by atoms with Crippen LogP contribution in [0.1, 0.15) is 5.56 Å². The minimum absolute atomic E-state index is 0.0997. The molecule has 1 rings (SSSR count). The topological polar surface area (TPSA) is 46.2 Å². The first-order chi connectivity index (χ1) is 6.01. The molecule has 13 heavy (non-hydrogen) atoms. The van der Waals surface area contributed by atoms with Crippen molar-refractivity contribution in [3.63, 3.8) is 0 Å². The molecule has 0 saturated carbocycles. The van der Waals surface area contributed by atoms with Gasteiger partial charge < -0.3 is 5.32 Å². The van der Waals surface area contributed by atoms with Gasteiger partial charge >= 0.3 is 0 Å². The molecule has 0 aliphatic heterocycles. The van der Waals surface area contributed by atoms with Gasteiger partial charge in [0, 0.05) is 19.0 Å². The molecule has 0 spiro atoms. The molecule has 0 heterocycles. The summed E-state index contributed by atoms with van der Waals surface area (Å²) >= 11 is 0. The molecule has 1 N–H and O–H groups in total. The van der Waals surface area contributed by atoms with Crippen LogP contribution in [-0.2, 0) is 15.6 Å². The van der Waals surface area contributed by atoms with E-state index in [1.54, 1.807) is 7.05 Å². The van der Waals surface area contributed by atoms with Crippen molar-refractivity contribution in [3.8, 4) is 0 Å². The van der Waals surface area contributed by atoms with Gasteiger partial charge in [0.25, 0.3) is 0 Å². The number of hydrogen-bond donors (Lipinski definition) is 1. The molecule has 0 fully saturated rings. The molecule has 0 aliphatic carbocycles. The second-order valence-corrected chi connectivity index (χ2v) is 5.16. The molecule has 0 unspecified atom stereocenters. The standard InChI is InChI=1S/C9H13NO2S/c1-10-9-5-3-4-8(6-9)7-13(2,11)12/h3-6,10H,7H2,1-2H3. The largest absolute Gasteiger partial charge is 0.388 e. The van der Waals surface area contributed by atoms with Crippen LogP contribution in [0.4, 0.5) is 5.69 Å². The van der Waals surface area contributed by atoms with Crippen molar-refractivity contribution >= 4 is 15.5 Å². The summed E-state index contributed by atoms with van der Waals surface area (Å²) in [6, 6.07) is 7.38. The van der Waals surface area contributed by atoms with Crippen molar-refractivity contribution in [3.05, 3.63) is 29.8 Å². The Hall–Kier alpha value is -1.03. The smallest absolute Gasteiger partial charge is 0.151 e. The van der Waals surface area contributed by atoms with E-state index in [1.165, 1.54) is 6.26 Å². The van der Waals surface area contributed by atoms with E-state index < -0.39 is 9.84 Å². The lowest BCUT2D eigenvalue weighted by Gasteiger charge is -2.03. The second-order valence-electron chi connectivity index (χ2n) is 3.02. The van der Waals surface area contributed by atoms with E-state index in [1.807, 2.05) is 24.3 Å². The lowest BCUT2D eigenvalue weighted by atomic mass is 10.2. The number of benzene rings is 1. The van der Waals surface area contributed by atoms with Crippen molar-refractivity contribution in [1.29, 1.82) is 0 Å². The third-order valence-electron chi connectivity index (χ3n) is 1.64. The van der Waals surface area contributed by atoms with Crippen LogP contribution in [-0.4, -0.2) is 21.7 Å². The number of rotatable bonds is 3. The Morgan fingerprint density at radius 3 is 2.62 bits per heavy atom. The van der Waals surface area contributed by atoms with Gasteiger partial charge in [-0.3, -0.25) is 0 Å². The highest BCUT2D eigenvalue weighted by Crippen LogP contribution is 2.11. The van der Waals surface area contributed by atoms with Gasteiger partial charge in [0.05, 0.1) is 5.75 Å². The first kappa shape index (κ1) is 10.1. The molecular weight excluding hydrogens is 186 g/mol. The van der Waals surface area contributed by atoms with Crippen LogP contribution >= 0.6 is 0 Å². The molecule has 0 aliphatic rings. The number of sulfone groups is 1. The molecule has 1 aromatic carbocycles. The Bertz CT molecular complexity index is 384. The SMILES string of the molecule is CNc1cccc(CS(C)(=O)=O)c1. The zero-order valence-electron chi connectivity index (χ0n) is 7.74. The molecule has 1 aromatic rings. The lowest BCUT2D eigenvalue weighted by molar-refractivity contribution is 0.601. The van der Waals surface area contributed by atoms with Gasteiger partial charge in [0.2, 0.25) is 0 Å². The van der Waals surface area contributed by atoms with Crippen molar-refractivity contribution in [2.75, 3.05) is 18.6 Å². The Kier molecular flexibility index (Phi) is 2.93. The molecular formula is C9H13NO2S.